The average molecular weight is 347 g/mol. The van der Waals surface area contributed by atoms with Crippen molar-refractivity contribution in [3.05, 3.63) is 71.8 Å². The molecule has 0 aromatic heterocycles. The molecular formula is C19H20Cl2Si. The SMILES string of the molecule is CC(C)(C)C1C(c2ccccc2)=C(c2ccccc2)[Si]1(Cl)Cl. The van der Waals surface area contributed by atoms with Gasteiger partial charge in [-0.25, -0.2) is 0 Å². The first-order chi connectivity index (χ1) is 10.3. The molecule has 2 aromatic rings. The molecule has 3 heteroatoms. The summed E-state index contributed by atoms with van der Waals surface area (Å²) in [6.45, 7) is 4.19. The lowest BCUT2D eigenvalue weighted by atomic mass is 9.82. The van der Waals surface area contributed by atoms with Crippen LogP contribution in [0.25, 0.3) is 10.8 Å². The third kappa shape index (κ3) is 2.56. The molecular weight excluding hydrogens is 327 g/mol. The quantitative estimate of drug-likeness (QED) is 0.430. The molecule has 0 fully saturated rings. The van der Waals surface area contributed by atoms with Crippen LogP contribution >= 0.6 is 22.2 Å². The summed E-state index contributed by atoms with van der Waals surface area (Å²) >= 11 is 13.9. The Kier molecular flexibility index (Phi) is 4.01. The van der Waals surface area contributed by atoms with Crippen molar-refractivity contribution in [2.75, 3.05) is 0 Å². The first-order valence-electron chi connectivity index (χ1n) is 7.57. The van der Waals surface area contributed by atoms with Gasteiger partial charge in [0.15, 0.2) is 0 Å². The van der Waals surface area contributed by atoms with E-state index in [0.717, 1.165) is 0 Å². The fourth-order valence-electron chi connectivity index (χ4n) is 3.43. The second kappa shape index (κ2) is 5.56. The molecule has 0 bridgehead atoms. The molecule has 0 saturated carbocycles. The maximum absolute atomic E-state index is 6.95. The van der Waals surface area contributed by atoms with E-state index in [1.165, 1.54) is 21.9 Å². The highest BCUT2D eigenvalue weighted by Gasteiger charge is 2.59. The predicted molar refractivity (Wildman–Crippen MR) is 100 cm³/mol. The Morgan fingerprint density at radius 1 is 0.773 bits per heavy atom. The molecule has 1 atom stereocenters. The maximum Gasteiger partial charge on any atom is 0.289 e. The van der Waals surface area contributed by atoms with Crippen molar-refractivity contribution >= 4 is 39.6 Å². The van der Waals surface area contributed by atoms with E-state index in [1.807, 2.05) is 24.3 Å². The number of hydrogen-bond donors (Lipinski definition) is 0. The molecule has 0 nitrogen and oxygen atoms in total. The van der Waals surface area contributed by atoms with E-state index >= 15 is 0 Å². The van der Waals surface area contributed by atoms with Crippen LogP contribution in [0.3, 0.4) is 0 Å². The molecule has 1 aliphatic rings. The van der Waals surface area contributed by atoms with Crippen LogP contribution < -0.4 is 0 Å². The average Bonchev–Trinajstić information content (AvgIpc) is 2.45. The zero-order valence-electron chi connectivity index (χ0n) is 13.1. The second-order valence-corrected chi connectivity index (χ2v) is 13.4. The van der Waals surface area contributed by atoms with Gasteiger partial charge in [0.2, 0.25) is 0 Å². The highest BCUT2D eigenvalue weighted by Crippen LogP contribution is 2.66. The number of halogens is 2. The van der Waals surface area contributed by atoms with Crippen LogP contribution in [0.15, 0.2) is 60.7 Å². The molecule has 1 heterocycles. The molecule has 1 aliphatic heterocycles. The summed E-state index contributed by atoms with van der Waals surface area (Å²) in [6.07, 6.45) is 0. The van der Waals surface area contributed by atoms with E-state index in [-0.39, 0.29) is 11.0 Å². The fraction of sp³-hybridized carbons (Fsp3) is 0.263. The van der Waals surface area contributed by atoms with Crippen LogP contribution in [0.5, 0.6) is 0 Å². The Morgan fingerprint density at radius 3 is 1.68 bits per heavy atom. The minimum atomic E-state index is -2.51. The highest BCUT2D eigenvalue weighted by molar-refractivity contribution is 7.56. The van der Waals surface area contributed by atoms with Crippen molar-refractivity contribution < 1.29 is 0 Å². The van der Waals surface area contributed by atoms with Gasteiger partial charge in [0.05, 0.1) is 0 Å². The highest BCUT2D eigenvalue weighted by atomic mass is 35.7. The summed E-state index contributed by atoms with van der Waals surface area (Å²) in [6, 6.07) is 20.9. The van der Waals surface area contributed by atoms with Gasteiger partial charge in [-0.05, 0) is 27.3 Å². The van der Waals surface area contributed by atoms with Gasteiger partial charge in [-0.3, -0.25) is 0 Å². The van der Waals surface area contributed by atoms with Crippen molar-refractivity contribution in [3.63, 3.8) is 0 Å². The Hall–Kier alpha value is -1.02. The summed E-state index contributed by atoms with van der Waals surface area (Å²) in [5, 5.41) is 1.18. The lowest BCUT2D eigenvalue weighted by Gasteiger charge is -2.50. The molecule has 2 aromatic carbocycles. The minimum absolute atomic E-state index is 0.0547. The van der Waals surface area contributed by atoms with Crippen molar-refractivity contribution in [3.8, 4) is 0 Å². The third-order valence-corrected chi connectivity index (χ3v) is 9.81. The third-order valence-electron chi connectivity index (χ3n) is 4.27. The van der Waals surface area contributed by atoms with Gasteiger partial charge in [-0.15, -0.1) is 22.2 Å². The van der Waals surface area contributed by atoms with E-state index in [2.05, 4.69) is 57.2 Å². The predicted octanol–water partition coefficient (Wildman–Crippen LogP) is 6.49. The van der Waals surface area contributed by atoms with Crippen LogP contribution in [0.1, 0.15) is 31.9 Å². The normalized spacial score (nSPS) is 20.7. The topological polar surface area (TPSA) is 0 Å². The van der Waals surface area contributed by atoms with Gasteiger partial charge >= 0.3 is 0 Å². The summed E-state index contributed by atoms with van der Waals surface area (Å²) < 4.78 is 0. The zero-order valence-corrected chi connectivity index (χ0v) is 15.6. The molecule has 0 spiro atoms. The summed E-state index contributed by atoms with van der Waals surface area (Å²) in [5.41, 5.74) is 4.03. The van der Waals surface area contributed by atoms with Crippen LogP contribution in [0.2, 0.25) is 5.54 Å². The zero-order chi connectivity index (χ0) is 16.0. The molecule has 0 amide bonds. The fourth-order valence-corrected chi connectivity index (χ4v) is 10.3. The maximum atomic E-state index is 6.95. The largest absolute Gasteiger partial charge is 0.289 e. The molecule has 114 valence electrons. The van der Waals surface area contributed by atoms with Gasteiger partial charge in [0.25, 0.3) is 6.69 Å². The summed E-state index contributed by atoms with van der Waals surface area (Å²) in [5.74, 6) is 0. The van der Waals surface area contributed by atoms with E-state index in [4.69, 9.17) is 22.2 Å². The van der Waals surface area contributed by atoms with Gasteiger partial charge in [-0.1, -0.05) is 81.4 Å². The standard InChI is InChI=1S/C19H20Cl2Si/c1-19(2,3)18-16(14-10-6-4-7-11-14)17(22(18,20)21)15-12-8-5-9-13-15/h4-13,18H,1-3H3. The molecule has 0 radical (unpaired) electrons. The number of allylic oxidation sites excluding steroid dienone is 1. The molecule has 1 unspecified atom stereocenters. The number of hydrogen-bond acceptors (Lipinski definition) is 0. The lowest BCUT2D eigenvalue weighted by Crippen LogP contribution is -2.46. The molecule has 0 N–H and O–H groups in total. The van der Waals surface area contributed by atoms with Crippen molar-refractivity contribution in [2.24, 2.45) is 5.41 Å². The molecule has 22 heavy (non-hydrogen) atoms. The van der Waals surface area contributed by atoms with Crippen LogP contribution in [0.4, 0.5) is 0 Å². The monoisotopic (exact) mass is 346 g/mol. The van der Waals surface area contributed by atoms with E-state index in [1.54, 1.807) is 0 Å². The van der Waals surface area contributed by atoms with Gasteiger partial charge in [-0.2, -0.15) is 0 Å². The number of rotatable bonds is 2. The second-order valence-electron chi connectivity index (χ2n) is 6.94. The first-order valence-corrected chi connectivity index (χ1v) is 11.7. The Balaban J connectivity index is 2.24. The molecule has 3 rings (SSSR count). The van der Waals surface area contributed by atoms with Crippen LogP contribution in [-0.4, -0.2) is 6.69 Å². The van der Waals surface area contributed by atoms with Gasteiger partial charge < -0.3 is 0 Å². The summed E-state index contributed by atoms with van der Waals surface area (Å²) in [4.78, 5) is 0. The Labute approximate surface area is 143 Å². The smallest absolute Gasteiger partial charge is 0.139 e. The first kappa shape index (κ1) is 15.9. The van der Waals surface area contributed by atoms with Gasteiger partial charge in [0.1, 0.15) is 0 Å². The Bertz CT molecular complexity index is 697. The Morgan fingerprint density at radius 2 is 1.23 bits per heavy atom. The van der Waals surface area contributed by atoms with E-state index in [0.29, 0.717) is 0 Å². The summed E-state index contributed by atoms with van der Waals surface area (Å²) in [7, 11) is 0. The van der Waals surface area contributed by atoms with E-state index in [9.17, 15) is 0 Å². The number of benzene rings is 2. The van der Waals surface area contributed by atoms with Crippen molar-refractivity contribution in [1.82, 2.24) is 0 Å². The molecule has 0 saturated heterocycles. The lowest BCUT2D eigenvalue weighted by molar-refractivity contribution is 0.420. The van der Waals surface area contributed by atoms with Crippen LogP contribution in [-0.2, 0) is 0 Å². The minimum Gasteiger partial charge on any atom is -0.139 e. The van der Waals surface area contributed by atoms with Gasteiger partial charge in [0, 0.05) is 5.54 Å². The van der Waals surface area contributed by atoms with Crippen molar-refractivity contribution in [2.45, 2.75) is 26.3 Å². The van der Waals surface area contributed by atoms with Crippen molar-refractivity contribution in [1.29, 1.82) is 0 Å². The van der Waals surface area contributed by atoms with E-state index < -0.39 is 6.69 Å². The van der Waals surface area contributed by atoms with Crippen LogP contribution in [0, 0.1) is 5.41 Å². The molecule has 0 aliphatic carbocycles.